The summed E-state index contributed by atoms with van der Waals surface area (Å²) in [7, 11) is 0. The van der Waals surface area contributed by atoms with Crippen LogP contribution in [0.15, 0.2) is 12.2 Å². The van der Waals surface area contributed by atoms with E-state index in [0.29, 0.717) is 5.41 Å². The van der Waals surface area contributed by atoms with Crippen molar-refractivity contribution < 1.29 is 0 Å². The van der Waals surface area contributed by atoms with Crippen LogP contribution in [0.3, 0.4) is 0 Å². The first kappa shape index (κ1) is 6.85. The summed E-state index contributed by atoms with van der Waals surface area (Å²) in [5.74, 6) is 1.79. The number of rotatable bonds is 1. The Hall–Kier alpha value is -0.260. The standard InChI is InChI=1S/C9H16/c1-5-6-9(4)7(2)8(9)3/h5-8H,1-4H3. The molecule has 0 nitrogen and oxygen atoms in total. The van der Waals surface area contributed by atoms with Gasteiger partial charge in [-0.2, -0.15) is 0 Å². The summed E-state index contributed by atoms with van der Waals surface area (Å²) in [5, 5.41) is 0. The summed E-state index contributed by atoms with van der Waals surface area (Å²) in [4.78, 5) is 0. The average Bonchev–Trinajstić information content (AvgIpc) is 2.22. The van der Waals surface area contributed by atoms with Crippen molar-refractivity contribution >= 4 is 0 Å². The molecule has 0 aromatic rings. The Bertz CT molecular complexity index is 125. The summed E-state index contributed by atoms with van der Waals surface area (Å²) in [6.07, 6.45) is 4.50. The van der Waals surface area contributed by atoms with Gasteiger partial charge >= 0.3 is 0 Å². The van der Waals surface area contributed by atoms with Crippen molar-refractivity contribution in [2.45, 2.75) is 27.7 Å². The molecule has 0 spiro atoms. The number of hydrogen-bond donors (Lipinski definition) is 0. The lowest BCUT2D eigenvalue weighted by Gasteiger charge is -1.99. The van der Waals surface area contributed by atoms with Gasteiger partial charge in [-0.1, -0.05) is 32.9 Å². The Balaban J connectivity index is 2.59. The molecule has 2 atom stereocenters. The van der Waals surface area contributed by atoms with Gasteiger partial charge in [0.2, 0.25) is 0 Å². The van der Waals surface area contributed by atoms with E-state index < -0.39 is 0 Å². The SMILES string of the molecule is CC=CC1(C)C(C)C1C. The number of allylic oxidation sites excluding steroid dienone is 2. The molecule has 0 aromatic heterocycles. The molecule has 0 heteroatoms. The van der Waals surface area contributed by atoms with Gasteiger partial charge in [0, 0.05) is 0 Å². The van der Waals surface area contributed by atoms with Gasteiger partial charge in [0.15, 0.2) is 0 Å². The molecular formula is C9H16. The fraction of sp³-hybridized carbons (Fsp3) is 0.778. The molecule has 0 heterocycles. The van der Waals surface area contributed by atoms with E-state index in [0.717, 1.165) is 11.8 Å². The summed E-state index contributed by atoms with van der Waals surface area (Å²) in [5.41, 5.74) is 0.536. The van der Waals surface area contributed by atoms with Crippen LogP contribution in [0.1, 0.15) is 27.7 Å². The molecule has 0 saturated heterocycles. The van der Waals surface area contributed by atoms with Crippen molar-refractivity contribution in [1.29, 1.82) is 0 Å². The Morgan fingerprint density at radius 3 is 1.78 bits per heavy atom. The van der Waals surface area contributed by atoms with E-state index in [2.05, 4.69) is 39.8 Å². The maximum atomic E-state index is 2.34. The van der Waals surface area contributed by atoms with E-state index in [-0.39, 0.29) is 0 Å². The van der Waals surface area contributed by atoms with Gasteiger partial charge in [-0.3, -0.25) is 0 Å². The van der Waals surface area contributed by atoms with E-state index in [1.165, 1.54) is 0 Å². The zero-order valence-electron chi connectivity index (χ0n) is 6.81. The summed E-state index contributed by atoms with van der Waals surface area (Å²) in [6.45, 7) is 9.08. The van der Waals surface area contributed by atoms with Gasteiger partial charge in [-0.25, -0.2) is 0 Å². The second-order valence-corrected chi connectivity index (χ2v) is 3.44. The van der Waals surface area contributed by atoms with Crippen LogP contribution in [-0.2, 0) is 0 Å². The van der Waals surface area contributed by atoms with E-state index >= 15 is 0 Å². The summed E-state index contributed by atoms with van der Waals surface area (Å²) in [6, 6.07) is 0. The van der Waals surface area contributed by atoms with Crippen LogP contribution in [0.25, 0.3) is 0 Å². The second-order valence-electron chi connectivity index (χ2n) is 3.44. The lowest BCUT2D eigenvalue weighted by molar-refractivity contribution is 0.638. The van der Waals surface area contributed by atoms with Crippen LogP contribution in [0.4, 0.5) is 0 Å². The minimum absolute atomic E-state index is 0.536. The van der Waals surface area contributed by atoms with Crippen LogP contribution in [0.2, 0.25) is 0 Å². The first-order valence-electron chi connectivity index (χ1n) is 3.76. The van der Waals surface area contributed by atoms with Gasteiger partial charge in [-0.15, -0.1) is 0 Å². The molecular weight excluding hydrogens is 108 g/mol. The molecule has 0 radical (unpaired) electrons. The van der Waals surface area contributed by atoms with Gasteiger partial charge in [-0.05, 0) is 24.2 Å². The summed E-state index contributed by atoms with van der Waals surface area (Å²) >= 11 is 0. The smallest absolute Gasteiger partial charge is 0.00897 e. The molecule has 0 aliphatic heterocycles. The lowest BCUT2D eigenvalue weighted by Crippen LogP contribution is -1.90. The molecule has 0 bridgehead atoms. The maximum absolute atomic E-state index is 2.34. The predicted molar refractivity (Wildman–Crippen MR) is 41.2 cm³/mol. The minimum Gasteiger partial charge on any atom is -0.0911 e. The van der Waals surface area contributed by atoms with Crippen molar-refractivity contribution in [1.82, 2.24) is 0 Å². The third-order valence-corrected chi connectivity index (χ3v) is 3.13. The molecule has 0 aromatic carbocycles. The van der Waals surface area contributed by atoms with E-state index in [9.17, 15) is 0 Å². The largest absolute Gasteiger partial charge is 0.0911 e. The molecule has 0 N–H and O–H groups in total. The van der Waals surface area contributed by atoms with E-state index in [1.807, 2.05) is 0 Å². The summed E-state index contributed by atoms with van der Waals surface area (Å²) < 4.78 is 0. The second kappa shape index (κ2) is 1.86. The number of hydrogen-bond acceptors (Lipinski definition) is 0. The fourth-order valence-electron chi connectivity index (χ4n) is 1.68. The molecule has 1 saturated carbocycles. The van der Waals surface area contributed by atoms with Crippen molar-refractivity contribution in [2.24, 2.45) is 17.3 Å². The van der Waals surface area contributed by atoms with E-state index in [4.69, 9.17) is 0 Å². The molecule has 9 heavy (non-hydrogen) atoms. The van der Waals surface area contributed by atoms with Gasteiger partial charge in [0.1, 0.15) is 0 Å². The third kappa shape index (κ3) is 0.810. The first-order valence-corrected chi connectivity index (χ1v) is 3.76. The highest BCUT2D eigenvalue weighted by molar-refractivity contribution is 5.14. The monoisotopic (exact) mass is 124 g/mol. The third-order valence-electron chi connectivity index (χ3n) is 3.13. The molecule has 1 rings (SSSR count). The van der Waals surface area contributed by atoms with Crippen LogP contribution < -0.4 is 0 Å². The van der Waals surface area contributed by atoms with Crippen LogP contribution in [-0.4, -0.2) is 0 Å². The molecule has 2 unspecified atom stereocenters. The molecule has 1 fully saturated rings. The Morgan fingerprint density at radius 2 is 1.67 bits per heavy atom. The Morgan fingerprint density at radius 1 is 1.22 bits per heavy atom. The Kier molecular flexibility index (Phi) is 1.42. The highest BCUT2D eigenvalue weighted by atomic mass is 14.6. The molecule has 1 aliphatic rings. The highest BCUT2D eigenvalue weighted by Gasteiger charge is 2.52. The van der Waals surface area contributed by atoms with Gasteiger partial charge in [0.05, 0.1) is 0 Å². The topological polar surface area (TPSA) is 0 Å². The average molecular weight is 124 g/mol. The van der Waals surface area contributed by atoms with Crippen LogP contribution >= 0.6 is 0 Å². The van der Waals surface area contributed by atoms with Crippen molar-refractivity contribution in [2.75, 3.05) is 0 Å². The van der Waals surface area contributed by atoms with Crippen LogP contribution in [0, 0.1) is 17.3 Å². The lowest BCUT2D eigenvalue weighted by atomic mass is 10.1. The van der Waals surface area contributed by atoms with Gasteiger partial charge < -0.3 is 0 Å². The van der Waals surface area contributed by atoms with Gasteiger partial charge in [0.25, 0.3) is 0 Å². The minimum atomic E-state index is 0.536. The molecule has 0 amide bonds. The molecule has 52 valence electrons. The van der Waals surface area contributed by atoms with E-state index in [1.54, 1.807) is 0 Å². The Labute approximate surface area is 58.0 Å². The quantitative estimate of drug-likeness (QED) is 0.471. The predicted octanol–water partition coefficient (Wildman–Crippen LogP) is 2.85. The highest BCUT2D eigenvalue weighted by Crippen LogP contribution is 2.58. The normalized spacial score (nSPS) is 50.2. The maximum Gasteiger partial charge on any atom is -0.00897 e. The molecule has 1 aliphatic carbocycles. The van der Waals surface area contributed by atoms with Crippen molar-refractivity contribution in [3.8, 4) is 0 Å². The van der Waals surface area contributed by atoms with Crippen LogP contribution in [0.5, 0.6) is 0 Å². The van der Waals surface area contributed by atoms with Crippen molar-refractivity contribution in [3.63, 3.8) is 0 Å². The fourth-order valence-corrected chi connectivity index (χ4v) is 1.68. The van der Waals surface area contributed by atoms with Crippen molar-refractivity contribution in [3.05, 3.63) is 12.2 Å². The first-order chi connectivity index (χ1) is 4.13. The zero-order chi connectivity index (χ0) is 7.07. The zero-order valence-corrected chi connectivity index (χ0v) is 6.81.